The van der Waals surface area contributed by atoms with E-state index in [9.17, 15) is 4.79 Å². The first-order chi connectivity index (χ1) is 9.06. The molecule has 0 saturated carbocycles. The molecule has 0 aromatic heterocycles. The van der Waals surface area contributed by atoms with E-state index in [2.05, 4.69) is 12.2 Å². The van der Waals surface area contributed by atoms with Crippen molar-refractivity contribution < 1.29 is 9.90 Å². The maximum Gasteiger partial charge on any atom is 0.233 e. The van der Waals surface area contributed by atoms with Gasteiger partial charge in [0.25, 0.3) is 0 Å². The summed E-state index contributed by atoms with van der Waals surface area (Å²) in [5, 5.41) is 11.9. The van der Waals surface area contributed by atoms with Gasteiger partial charge < -0.3 is 10.4 Å². The lowest BCUT2D eigenvalue weighted by Gasteiger charge is -2.16. The fourth-order valence-corrected chi connectivity index (χ4v) is 2.67. The summed E-state index contributed by atoms with van der Waals surface area (Å²) in [5.41, 5.74) is 0.887. The molecule has 1 amide bonds. The van der Waals surface area contributed by atoms with Crippen LogP contribution in [-0.2, 0) is 11.4 Å². The fourth-order valence-electron chi connectivity index (χ4n) is 1.80. The van der Waals surface area contributed by atoms with Crippen molar-refractivity contribution in [3.63, 3.8) is 0 Å². The molecule has 3 nitrogen and oxygen atoms in total. The molecule has 0 aliphatic rings. The van der Waals surface area contributed by atoms with Crippen LogP contribution in [0, 0.1) is 0 Å². The first-order valence-corrected chi connectivity index (χ1v) is 7.61. The number of carbonyl (C=O) groups is 1. The summed E-state index contributed by atoms with van der Waals surface area (Å²) in [4.78, 5) is 13.0. The largest absolute Gasteiger partial charge is 0.392 e. The lowest BCUT2D eigenvalue weighted by Crippen LogP contribution is -2.37. The molecule has 0 radical (unpaired) electrons. The Hall–Kier alpha value is -1.00. The normalized spacial score (nSPS) is 13.9. The van der Waals surface area contributed by atoms with Gasteiger partial charge in [0, 0.05) is 10.9 Å². The number of aliphatic hydroxyl groups excluding tert-OH is 1. The van der Waals surface area contributed by atoms with E-state index in [1.54, 1.807) is 0 Å². The van der Waals surface area contributed by atoms with Crippen molar-refractivity contribution in [2.45, 2.75) is 56.4 Å². The zero-order chi connectivity index (χ0) is 14.3. The second kappa shape index (κ2) is 8.23. The van der Waals surface area contributed by atoms with Crippen molar-refractivity contribution in [3.05, 3.63) is 29.8 Å². The summed E-state index contributed by atoms with van der Waals surface area (Å²) >= 11 is 1.54. The summed E-state index contributed by atoms with van der Waals surface area (Å²) in [6.07, 6.45) is 2.08. The van der Waals surface area contributed by atoms with Crippen LogP contribution < -0.4 is 5.32 Å². The highest BCUT2D eigenvalue weighted by molar-refractivity contribution is 8.00. The molecule has 0 saturated heterocycles. The highest BCUT2D eigenvalue weighted by Gasteiger charge is 2.16. The molecule has 1 rings (SSSR count). The number of thioether (sulfide) groups is 1. The third-order valence-electron chi connectivity index (χ3n) is 2.90. The van der Waals surface area contributed by atoms with Gasteiger partial charge in [-0.1, -0.05) is 25.5 Å². The van der Waals surface area contributed by atoms with Gasteiger partial charge >= 0.3 is 0 Å². The molecule has 0 heterocycles. The monoisotopic (exact) mass is 281 g/mol. The molecule has 0 bridgehead atoms. The van der Waals surface area contributed by atoms with Crippen molar-refractivity contribution in [1.29, 1.82) is 0 Å². The van der Waals surface area contributed by atoms with E-state index in [4.69, 9.17) is 5.11 Å². The number of rotatable bonds is 7. The Morgan fingerprint density at radius 3 is 2.47 bits per heavy atom. The Morgan fingerprint density at radius 2 is 1.95 bits per heavy atom. The number of aliphatic hydroxyl groups is 1. The van der Waals surface area contributed by atoms with Gasteiger partial charge in [-0.05, 0) is 38.0 Å². The minimum absolute atomic E-state index is 0.0511. The Kier molecular flexibility index (Phi) is 6.95. The number of benzene rings is 1. The van der Waals surface area contributed by atoms with Crippen LogP contribution in [-0.4, -0.2) is 22.3 Å². The van der Waals surface area contributed by atoms with Gasteiger partial charge in [0.2, 0.25) is 5.91 Å². The summed E-state index contributed by atoms with van der Waals surface area (Å²) < 4.78 is 0. The van der Waals surface area contributed by atoms with Gasteiger partial charge in [0.15, 0.2) is 0 Å². The van der Waals surface area contributed by atoms with Gasteiger partial charge in [-0.3, -0.25) is 4.79 Å². The molecule has 0 aliphatic carbocycles. The summed E-state index contributed by atoms with van der Waals surface area (Å²) in [5.74, 6) is 0.0807. The van der Waals surface area contributed by atoms with Gasteiger partial charge in [0.05, 0.1) is 11.9 Å². The van der Waals surface area contributed by atoms with Crippen LogP contribution in [0.4, 0.5) is 0 Å². The van der Waals surface area contributed by atoms with Gasteiger partial charge in [0.1, 0.15) is 0 Å². The molecular formula is C15H23NO2S. The lowest BCUT2D eigenvalue weighted by molar-refractivity contribution is -0.120. The molecule has 2 N–H and O–H groups in total. The number of hydrogen-bond donors (Lipinski definition) is 2. The van der Waals surface area contributed by atoms with Crippen LogP contribution in [0.2, 0.25) is 0 Å². The van der Waals surface area contributed by atoms with Crippen molar-refractivity contribution in [2.24, 2.45) is 0 Å². The Morgan fingerprint density at radius 1 is 1.32 bits per heavy atom. The third-order valence-corrected chi connectivity index (χ3v) is 4.01. The summed E-state index contributed by atoms with van der Waals surface area (Å²) in [6.45, 7) is 6.12. The Balaban J connectivity index is 2.48. The first kappa shape index (κ1) is 16.1. The molecule has 0 spiro atoms. The topological polar surface area (TPSA) is 49.3 Å². The maximum absolute atomic E-state index is 12.0. The van der Waals surface area contributed by atoms with Crippen LogP contribution in [0.15, 0.2) is 29.2 Å². The van der Waals surface area contributed by atoms with Crippen LogP contribution in [0.5, 0.6) is 0 Å². The fraction of sp³-hybridized carbons (Fsp3) is 0.533. The molecule has 2 unspecified atom stereocenters. The lowest BCUT2D eigenvalue weighted by atomic mass is 10.2. The molecule has 19 heavy (non-hydrogen) atoms. The van der Waals surface area contributed by atoms with E-state index in [1.165, 1.54) is 11.8 Å². The summed E-state index contributed by atoms with van der Waals surface area (Å²) in [7, 11) is 0. The minimum Gasteiger partial charge on any atom is -0.392 e. The van der Waals surface area contributed by atoms with Crippen LogP contribution in [0.25, 0.3) is 0 Å². The van der Waals surface area contributed by atoms with Crippen LogP contribution in [0.3, 0.4) is 0 Å². The van der Waals surface area contributed by atoms with Crippen molar-refractivity contribution in [3.8, 4) is 0 Å². The molecule has 106 valence electrons. The number of nitrogens with one attached hydrogen (secondary N) is 1. The number of hydrogen-bond acceptors (Lipinski definition) is 3. The predicted octanol–water partition coefficient (Wildman–Crippen LogP) is 2.96. The second-order valence-electron chi connectivity index (χ2n) is 4.76. The standard InChI is InChI=1S/C15H23NO2S/c1-4-5-11(2)16-15(18)12(3)19-14-8-6-13(10-17)7-9-14/h6-9,11-12,17H,4-5,10H2,1-3H3,(H,16,18). The second-order valence-corrected chi connectivity index (χ2v) is 6.17. The molecule has 4 heteroatoms. The average molecular weight is 281 g/mol. The SMILES string of the molecule is CCCC(C)NC(=O)C(C)Sc1ccc(CO)cc1. The zero-order valence-electron chi connectivity index (χ0n) is 11.8. The van der Waals surface area contributed by atoms with Crippen LogP contribution in [0.1, 0.15) is 39.2 Å². The number of amides is 1. The van der Waals surface area contributed by atoms with Gasteiger partial charge in [-0.2, -0.15) is 0 Å². The van der Waals surface area contributed by atoms with Crippen LogP contribution >= 0.6 is 11.8 Å². The molecule has 1 aromatic rings. The molecule has 0 aliphatic heterocycles. The van der Waals surface area contributed by atoms with Gasteiger partial charge in [-0.15, -0.1) is 11.8 Å². The Bertz CT molecular complexity index is 392. The van der Waals surface area contributed by atoms with Gasteiger partial charge in [-0.25, -0.2) is 0 Å². The van der Waals surface area contributed by atoms with E-state index in [0.717, 1.165) is 23.3 Å². The van der Waals surface area contributed by atoms with E-state index in [0.29, 0.717) is 0 Å². The van der Waals surface area contributed by atoms with Crippen molar-refractivity contribution >= 4 is 17.7 Å². The number of carbonyl (C=O) groups excluding carboxylic acids is 1. The quantitative estimate of drug-likeness (QED) is 0.755. The highest BCUT2D eigenvalue weighted by Crippen LogP contribution is 2.23. The molecule has 2 atom stereocenters. The van der Waals surface area contributed by atoms with E-state index in [1.807, 2.05) is 38.1 Å². The smallest absolute Gasteiger partial charge is 0.233 e. The maximum atomic E-state index is 12.0. The third kappa shape index (κ3) is 5.66. The van der Waals surface area contributed by atoms with E-state index < -0.39 is 0 Å². The average Bonchev–Trinajstić information content (AvgIpc) is 2.39. The molecular weight excluding hydrogens is 258 g/mol. The minimum atomic E-state index is -0.112. The highest BCUT2D eigenvalue weighted by atomic mass is 32.2. The van der Waals surface area contributed by atoms with Crippen molar-refractivity contribution in [2.75, 3.05) is 0 Å². The first-order valence-electron chi connectivity index (χ1n) is 6.73. The van der Waals surface area contributed by atoms with E-state index >= 15 is 0 Å². The molecule has 1 aromatic carbocycles. The Labute approximate surface area is 119 Å². The zero-order valence-corrected chi connectivity index (χ0v) is 12.7. The van der Waals surface area contributed by atoms with Crippen molar-refractivity contribution in [1.82, 2.24) is 5.32 Å². The predicted molar refractivity (Wildman–Crippen MR) is 80.2 cm³/mol. The summed E-state index contributed by atoms with van der Waals surface area (Å²) in [6, 6.07) is 7.88. The van der Waals surface area contributed by atoms with E-state index in [-0.39, 0.29) is 23.8 Å². The molecule has 0 fully saturated rings.